The summed E-state index contributed by atoms with van der Waals surface area (Å²) in [5.41, 5.74) is 0. The number of hydroxylamine groups is 3. The summed E-state index contributed by atoms with van der Waals surface area (Å²) in [6, 6.07) is 0. The van der Waals surface area contributed by atoms with E-state index in [0.717, 1.165) is 13.0 Å². The molecule has 0 saturated heterocycles. The quantitative estimate of drug-likeness (QED) is 0.338. The zero-order chi connectivity index (χ0) is 6.62. The van der Waals surface area contributed by atoms with Crippen molar-refractivity contribution in [3.05, 3.63) is 0 Å². The van der Waals surface area contributed by atoms with Crippen molar-refractivity contribution in [1.29, 1.82) is 0 Å². The van der Waals surface area contributed by atoms with E-state index in [1.807, 2.05) is 21.1 Å². The van der Waals surface area contributed by atoms with Crippen LogP contribution in [0.1, 0.15) is 13.3 Å². The van der Waals surface area contributed by atoms with Crippen molar-refractivity contribution in [2.45, 2.75) is 13.3 Å². The molecule has 0 heterocycles. The number of hydrogen-bond donors (Lipinski definition) is 0. The molecule has 0 fully saturated rings. The third-order valence-electron chi connectivity index (χ3n) is 0.683. The summed E-state index contributed by atoms with van der Waals surface area (Å²) in [5, 5.41) is 0. The van der Waals surface area contributed by atoms with Gasteiger partial charge < -0.3 is 12.4 Å². The smallest absolute Gasteiger partial charge is 0.106 e. The van der Waals surface area contributed by atoms with Crippen molar-refractivity contribution in [3.8, 4) is 0 Å². The van der Waals surface area contributed by atoms with Gasteiger partial charge in [0.25, 0.3) is 0 Å². The lowest BCUT2D eigenvalue weighted by Crippen LogP contribution is -3.00. The zero-order valence-electron chi connectivity index (χ0n) is 6.65. The molecule has 2 nitrogen and oxygen atoms in total. The van der Waals surface area contributed by atoms with Gasteiger partial charge in [0, 0.05) is 0 Å². The van der Waals surface area contributed by atoms with E-state index in [1.54, 1.807) is 0 Å². The molecule has 58 valence electrons. The fourth-order valence-electron chi connectivity index (χ4n) is 0.365. The fraction of sp³-hybridized carbons (Fsp3) is 1.00. The van der Waals surface area contributed by atoms with E-state index >= 15 is 0 Å². The Bertz CT molecular complexity index is 60.6. The van der Waals surface area contributed by atoms with Gasteiger partial charge in [0.2, 0.25) is 0 Å². The SMILES string of the molecule is CCCO[N+](C)(C)C.[Cl-]. The molecule has 0 saturated carbocycles. The standard InChI is InChI=1S/C6H16NO.ClH/c1-5-6-8-7(2,3)4;/h5-6H2,1-4H3;1H/q+1;/p-1. The maximum atomic E-state index is 5.32. The van der Waals surface area contributed by atoms with Crippen LogP contribution < -0.4 is 12.4 Å². The van der Waals surface area contributed by atoms with Crippen molar-refractivity contribution >= 4 is 0 Å². The second-order valence-electron chi connectivity index (χ2n) is 2.72. The van der Waals surface area contributed by atoms with Crippen molar-refractivity contribution in [2.24, 2.45) is 0 Å². The number of halogens is 1. The van der Waals surface area contributed by atoms with Gasteiger partial charge in [-0.15, -0.1) is 0 Å². The third kappa shape index (κ3) is 11.7. The van der Waals surface area contributed by atoms with Crippen LogP contribution in [0.4, 0.5) is 0 Å². The minimum Gasteiger partial charge on any atom is -1.00 e. The van der Waals surface area contributed by atoms with E-state index < -0.39 is 0 Å². The van der Waals surface area contributed by atoms with Crippen molar-refractivity contribution < 1.29 is 21.9 Å². The zero-order valence-corrected chi connectivity index (χ0v) is 7.40. The summed E-state index contributed by atoms with van der Waals surface area (Å²) < 4.78 is 0.605. The molecule has 0 atom stereocenters. The largest absolute Gasteiger partial charge is 1.00 e. The first-order valence-electron chi connectivity index (χ1n) is 3.02. The van der Waals surface area contributed by atoms with E-state index in [1.165, 1.54) is 0 Å². The summed E-state index contributed by atoms with van der Waals surface area (Å²) in [6.45, 7) is 2.96. The monoisotopic (exact) mass is 153 g/mol. The van der Waals surface area contributed by atoms with Gasteiger partial charge in [-0.05, 0) is 6.42 Å². The molecular weight excluding hydrogens is 138 g/mol. The van der Waals surface area contributed by atoms with Crippen LogP contribution in [0.3, 0.4) is 0 Å². The Labute approximate surface area is 63.8 Å². The van der Waals surface area contributed by atoms with E-state index in [9.17, 15) is 0 Å². The average Bonchev–Trinajstić information content (AvgIpc) is 1.59. The van der Waals surface area contributed by atoms with Gasteiger partial charge in [0.15, 0.2) is 0 Å². The Morgan fingerprint density at radius 1 is 1.22 bits per heavy atom. The Kier molecular flexibility index (Phi) is 6.68. The van der Waals surface area contributed by atoms with Crippen molar-refractivity contribution in [2.75, 3.05) is 27.7 Å². The van der Waals surface area contributed by atoms with Gasteiger partial charge >= 0.3 is 0 Å². The third-order valence-corrected chi connectivity index (χ3v) is 0.683. The van der Waals surface area contributed by atoms with E-state index in [0.29, 0.717) is 4.65 Å². The lowest BCUT2D eigenvalue weighted by Gasteiger charge is -2.20. The van der Waals surface area contributed by atoms with Crippen LogP contribution in [0.5, 0.6) is 0 Å². The highest BCUT2D eigenvalue weighted by molar-refractivity contribution is 4.14. The minimum absolute atomic E-state index is 0. The molecule has 0 spiro atoms. The van der Waals surface area contributed by atoms with Crippen molar-refractivity contribution in [3.63, 3.8) is 0 Å². The number of nitrogens with zero attached hydrogens (tertiary/aromatic N) is 1. The topological polar surface area (TPSA) is 9.23 Å². The van der Waals surface area contributed by atoms with Crippen LogP contribution in [0.15, 0.2) is 0 Å². The second-order valence-corrected chi connectivity index (χ2v) is 2.72. The molecule has 9 heavy (non-hydrogen) atoms. The van der Waals surface area contributed by atoms with Crippen LogP contribution in [0, 0.1) is 0 Å². The van der Waals surface area contributed by atoms with Crippen LogP contribution in [-0.4, -0.2) is 32.4 Å². The van der Waals surface area contributed by atoms with Crippen LogP contribution in [0.2, 0.25) is 0 Å². The van der Waals surface area contributed by atoms with Gasteiger partial charge in [-0.1, -0.05) is 6.92 Å². The molecule has 0 aromatic heterocycles. The highest BCUT2D eigenvalue weighted by atomic mass is 35.5. The van der Waals surface area contributed by atoms with Crippen LogP contribution in [-0.2, 0) is 4.84 Å². The number of rotatable bonds is 3. The molecule has 0 aliphatic heterocycles. The molecule has 0 aliphatic rings. The lowest BCUT2D eigenvalue weighted by molar-refractivity contribution is -1.06. The minimum atomic E-state index is 0. The van der Waals surface area contributed by atoms with Gasteiger partial charge in [-0.3, -0.25) is 0 Å². The van der Waals surface area contributed by atoms with Gasteiger partial charge in [0.1, 0.15) is 6.61 Å². The Balaban J connectivity index is 0. The number of hydrogen-bond acceptors (Lipinski definition) is 1. The molecule has 0 amide bonds. The predicted molar refractivity (Wildman–Crippen MR) is 34.3 cm³/mol. The summed E-state index contributed by atoms with van der Waals surface area (Å²) in [4.78, 5) is 5.32. The van der Waals surface area contributed by atoms with E-state index in [-0.39, 0.29) is 12.4 Å². The molecule has 3 heteroatoms. The number of quaternary nitrogens is 1. The summed E-state index contributed by atoms with van der Waals surface area (Å²) >= 11 is 0. The molecule has 0 bridgehead atoms. The van der Waals surface area contributed by atoms with Crippen LogP contribution >= 0.6 is 0 Å². The average molecular weight is 154 g/mol. The summed E-state index contributed by atoms with van der Waals surface area (Å²) in [6.07, 6.45) is 1.09. The van der Waals surface area contributed by atoms with E-state index in [4.69, 9.17) is 4.84 Å². The summed E-state index contributed by atoms with van der Waals surface area (Å²) in [5.74, 6) is 0. The summed E-state index contributed by atoms with van der Waals surface area (Å²) in [7, 11) is 6.03. The Morgan fingerprint density at radius 2 is 1.67 bits per heavy atom. The normalized spacial score (nSPS) is 10.7. The predicted octanol–water partition coefficient (Wildman–Crippen LogP) is -1.96. The Morgan fingerprint density at radius 3 is 1.78 bits per heavy atom. The lowest BCUT2D eigenvalue weighted by atomic mass is 10.5. The molecule has 0 rings (SSSR count). The molecule has 0 aromatic rings. The molecule has 0 N–H and O–H groups in total. The molecule has 0 aliphatic carbocycles. The fourth-order valence-corrected chi connectivity index (χ4v) is 0.365. The van der Waals surface area contributed by atoms with Crippen LogP contribution in [0.25, 0.3) is 0 Å². The Hall–Kier alpha value is 0.210. The molecule has 0 unspecified atom stereocenters. The first-order valence-corrected chi connectivity index (χ1v) is 3.02. The molecule has 0 radical (unpaired) electrons. The van der Waals surface area contributed by atoms with Crippen molar-refractivity contribution in [1.82, 2.24) is 0 Å². The first-order chi connectivity index (χ1) is 3.56. The second kappa shape index (κ2) is 5.03. The first kappa shape index (κ1) is 11.9. The highest BCUT2D eigenvalue weighted by Gasteiger charge is 2.04. The maximum Gasteiger partial charge on any atom is 0.106 e. The molecule has 0 aromatic carbocycles. The van der Waals surface area contributed by atoms with Gasteiger partial charge in [-0.25, -0.2) is 4.84 Å². The highest BCUT2D eigenvalue weighted by Crippen LogP contribution is 1.92. The maximum absolute atomic E-state index is 5.32. The van der Waals surface area contributed by atoms with E-state index in [2.05, 4.69) is 6.92 Å². The van der Waals surface area contributed by atoms with Gasteiger partial charge in [-0.2, -0.15) is 4.65 Å². The van der Waals surface area contributed by atoms with Gasteiger partial charge in [0.05, 0.1) is 21.1 Å². The molecular formula is C6H16ClNO.